The molecule has 152 valence electrons. The molecular formula is C19H25N3O4S2. The van der Waals surface area contributed by atoms with Gasteiger partial charge < -0.3 is 10.5 Å². The molecule has 2 aromatic rings. The van der Waals surface area contributed by atoms with Crippen LogP contribution in [-0.2, 0) is 14.8 Å². The molecule has 0 saturated heterocycles. The second-order valence-corrected chi connectivity index (χ2v) is 9.45. The lowest BCUT2D eigenvalue weighted by atomic mass is 10.2. The van der Waals surface area contributed by atoms with Crippen molar-refractivity contribution >= 4 is 33.4 Å². The van der Waals surface area contributed by atoms with Crippen LogP contribution in [-0.4, -0.2) is 37.0 Å². The Balaban J connectivity index is 2.20. The van der Waals surface area contributed by atoms with Crippen LogP contribution >= 0.6 is 11.8 Å². The molecule has 0 aliphatic heterocycles. The zero-order valence-corrected chi connectivity index (χ0v) is 18.0. The van der Waals surface area contributed by atoms with Gasteiger partial charge in [-0.3, -0.25) is 4.79 Å². The van der Waals surface area contributed by atoms with Crippen molar-refractivity contribution in [3.05, 3.63) is 53.4 Å². The lowest BCUT2D eigenvalue weighted by molar-refractivity contribution is -0.645. The van der Waals surface area contributed by atoms with E-state index in [-0.39, 0.29) is 10.8 Å². The third-order valence-corrected chi connectivity index (χ3v) is 7.55. The van der Waals surface area contributed by atoms with Crippen molar-refractivity contribution in [2.24, 2.45) is 0 Å². The number of carbonyl (C=O) groups excluding carboxylic acids is 1. The molecule has 0 aliphatic rings. The maximum Gasteiger partial charge on any atom is 0.252 e. The highest BCUT2D eigenvalue weighted by Crippen LogP contribution is 2.25. The number of benzene rings is 1. The molecule has 7 nitrogen and oxygen atoms in total. The summed E-state index contributed by atoms with van der Waals surface area (Å²) in [5, 5.41) is 14.4. The van der Waals surface area contributed by atoms with Crippen molar-refractivity contribution in [1.82, 2.24) is 4.31 Å². The fourth-order valence-electron chi connectivity index (χ4n) is 2.64. The SMILES string of the molecule is CCN(CC)S(=O)(=O)c1cc(NC(=O)[C@@H](C)Sc2cccc[n+]2[O-])ccc1C. The van der Waals surface area contributed by atoms with Gasteiger partial charge in [-0.25, -0.2) is 8.42 Å². The predicted molar refractivity (Wildman–Crippen MR) is 111 cm³/mol. The van der Waals surface area contributed by atoms with E-state index in [9.17, 15) is 18.4 Å². The Kier molecular flexibility index (Phi) is 7.45. The molecule has 0 unspecified atom stereocenters. The fourth-order valence-corrected chi connectivity index (χ4v) is 5.20. The summed E-state index contributed by atoms with van der Waals surface area (Å²) in [7, 11) is -3.63. The van der Waals surface area contributed by atoms with E-state index in [1.54, 1.807) is 58.0 Å². The molecule has 1 amide bonds. The maximum atomic E-state index is 12.8. The zero-order chi connectivity index (χ0) is 20.9. The van der Waals surface area contributed by atoms with Gasteiger partial charge in [-0.05, 0) is 49.4 Å². The van der Waals surface area contributed by atoms with Crippen LogP contribution < -0.4 is 10.0 Å². The van der Waals surface area contributed by atoms with Crippen molar-refractivity contribution in [1.29, 1.82) is 0 Å². The van der Waals surface area contributed by atoms with E-state index in [0.29, 0.717) is 34.1 Å². The zero-order valence-electron chi connectivity index (χ0n) is 16.4. The standard InChI is InChI=1S/C19H25N3O4S2/c1-5-21(6-2)28(25,26)17-13-16(11-10-14(17)3)20-19(23)15(4)27-18-9-7-8-12-22(18)24/h7-13,15H,5-6H2,1-4H3,(H,20,23)/t15-/m1/s1. The van der Waals surface area contributed by atoms with Gasteiger partial charge in [0, 0.05) is 30.9 Å². The number of aromatic nitrogens is 1. The number of sulfonamides is 1. The van der Waals surface area contributed by atoms with Crippen molar-refractivity contribution < 1.29 is 17.9 Å². The third kappa shape index (κ3) is 5.03. The van der Waals surface area contributed by atoms with E-state index in [4.69, 9.17) is 0 Å². The van der Waals surface area contributed by atoms with E-state index in [0.717, 1.165) is 11.8 Å². The smallest absolute Gasteiger partial charge is 0.252 e. The molecule has 1 atom stereocenters. The van der Waals surface area contributed by atoms with E-state index < -0.39 is 15.3 Å². The minimum atomic E-state index is -3.63. The van der Waals surface area contributed by atoms with Crippen LogP contribution in [0.2, 0.25) is 0 Å². The van der Waals surface area contributed by atoms with Gasteiger partial charge in [-0.15, -0.1) is 0 Å². The second-order valence-electron chi connectivity index (χ2n) is 6.18. The molecule has 28 heavy (non-hydrogen) atoms. The first-order chi connectivity index (χ1) is 13.2. The number of pyridine rings is 1. The molecule has 0 aliphatic carbocycles. The first kappa shape index (κ1) is 22.2. The van der Waals surface area contributed by atoms with Gasteiger partial charge in [-0.1, -0.05) is 19.9 Å². The summed E-state index contributed by atoms with van der Waals surface area (Å²) >= 11 is 1.13. The number of hydrogen-bond donors (Lipinski definition) is 1. The van der Waals surface area contributed by atoms with Crippen LogP contribution in [0.1, 0.15) is 26.3 Å². The topological polar surface area (TPSA) is 93.4 Å². The summed E-state index contributed by atoms with van der Waals surface area (Å²) in [4.78, 5) is 12.7. The number of thioether (sulfide) groups is 1. The van der Waals surface area contributed by atoms with Gasteiger partial charge in [0.15, 0.2) is 6.20 Å². The molecular weight excluding hydrogens is 398 g/mol. The Labute approximate surface area is 170 Å². The lowest BCUT2D eigenvalue weighted by Crippen LogP contribution is -2.31. The van der Waals surface area contributed by atoms with Gasteiger partial charge in [0.25, 0.3) is 5.03 Å². The summed E-state index contributed by atoms with van der Waals surface area (Å²) < 4.78 is 27.8. The summed E-state index contributed by atoms with van der Waals surface area (Å²) in [6, 6.07) is 9.81. The largest absolute Gasteiger partial charge is 0.618 e. The van der Waals surface area contributed by atoms with Gasteiger partial charge in [0.2, 0.25) is 15.9 Å². The van der Waals surface area contributed by atoms with E-state index in [1.807, 2.05) is 0 Å². The Bertz CT molecular complexity index is 944. The van der Waals surface area contributed by atoms with E-state index >= 15 is 0 Å². The normalized spacial score (nSPS) is 12.8. The first-order valence-electron chi connectivity index (χ1n) is 8.97. The number of nitrogens with one attached hydrogen (secondary N) is 1. The fraction of sp³-hybridized carbons (Fsp3) is 0.368. The van der Waals surface area contributed by atoms with Crippen molar-refractivity contribution in [3.63, 3.8) is 0 Å². The molecule has 0 spiro atoms. The van der Waals surface area contributed by atoms with Crippen molar-refractivity contribution in [2.45, 2.75) is 42.9 Å². The van der Waals surface area contributed by atoms with Crippen LogP contribution in [0.15, 0.2) is 52.5 Å². The number of nitrogens with zero attached hydrogens (tertiary/aromatic N) is 2. The number of amides is 1. The van der Waals surface area contributed by atoms with Crippen molar-refractivity contribution in [2.75, 3.05) is 18.4 Å². The molecule has 1 N–H and O–H groups in total. The van der Waals surface area contributed by atoms with Gasteiger partial charge >= 0.3 is 0 Å². The summed E-state index contributed by atoms with van der Waals surface area (Å²) in [5.74, 6) is -0.316. The molecule has 0 radical (unpaired) electrons. The minimum absolute atomic E-state index is 0.176. The van der Waals surface area contributed by atoms with Crippen LogP contribution in [0.4, 0.5) is 5.69 Å². The third-order valence-electron chi connectivity index (χ3n) is 4.23. The highest BCUT2D eigenvalue weighted by molar-refractivity contribution is 8.00. The number of aryl methyl sites for hydroxylation is 1. The number of hydrogen-bond acceptors (Lipinski definition) is 5. The molecule has 0 saturated carbocycles. The quantitative estimate of drug-likeness (QED) is 0.400. The van der Waals surface area contributed by atoms with Gasteiger partial charge in [0.1, 0.15) is 0 Å². The monoisotopic (exact) mass is 423 g/mol. The minimum Gasteiger partial charge on any atom is -0.618 e. The number of carbonyl (C=O) groups is 1. The summed E-state index contributed by atoms with van der Waals surface area (Å²) in [6.45, 7) is 7.72. The Morgan fingerprint density at radius 2 is 1.93 bits per heavy atom. The number of rotatable bonds is 8. The average Bonchev–Trinajstić information content (AvgIpc) is 2.65. The molecule has 0 fully saturated rings. The predicted octanol–water partition coefficient (Wildman–Crippen LogP) is 2.78. The second kappa shape index (κ2) is 9.40. The highest BCUT2D eigenvalue weighted by atomic mass is 32.2. The van der Waals surface area contributed by atoms with Gasteiger partial charge in [-0.2, -0.15) is 9.04 Å². The van der Waals surface area contributed by atoms with Crippen LogP contribution in [0.3, 0.4) is 0 Å². The Morgan fingerprint density at radius 1 is 1.25 bits per heavy atom. The Morgan fingerprint density at radius 3 is 2.54 bits per heavy atom. The highest BCUT2D eigenvalue weighted by Gasteiger charge is 2.25. The lowest BCUT2D eigenvalue weighted by Gasteiger charge is -2.20. The molecule has 1 heterocycles. The molecule has 0 bridgehead atoms. The van der Waals surface area contributed by atoms with Crippen LogP contribution in [0.25, 0.3) is 0 Å². The molecule has 2 rings (SSSR count). The summed E-state index contributed by atoms with van der Waals surface area (Å²) in [6.07, 6.45) is 1.37. The molecule has 1 aromatic carbocycles. The van der Waals surface area contributed by atoms with Crippen LogP contribution in [0, 0.1) is 12.1 Å². The van der Waals surface area contributed by atoms with Gasteiger partial charge in [0.05, 0.1) is 10.1 Å². The molecule has 9 heteroatoms. The summed E-state index contributed by atoms with van der Waals surface area (Å²) in [5.41, 5.74) is 1.01. The maximum absolute atomic E-state index is 12.8. The van der Waals surface area contributed by atoms with E-state index in [2.05, 4.69) is 5.32 Å². The van der Waals surface area contributed by atoms with Crippen molar-refractivity contribution in [3.8, 4) is 0 Å². The number of anilines is 1. The molecule has 1 aromatic heterocycles. The van der Waals surface area contributed by atoms with E-state index in [1.165, 1.54) is 16.6 Å². The first-order valence-corrected chi connectivity index (χ1v) is 11.3. The van der Waals surface area contributed by atoms with Crippen LogP contribution in [0.5, 0.6) is 0 Å². The Hall–Kier alpha value is -2.10. The average molecular weight is 424 g/mol.